The van der Waals surface area contributed by atoms with E-state index in [9.17, 15) is 0 Å². The van der Waals surface area contributed by atoms with Crippen LogP contribution >= 0.6 is 0 Å². The number of nitrogens with zero attached hydrogens (tertiary/aromatic N) is 1. The van der Waals surface area contributed by atoms with Crippen molar-refractivity contribution in [3.8, 4) is 17.6 Å². The van der Waals surface area contributed by atoms with Gasteiger partial charge in [0.1, 0.15) is 11.5 Å². The normalized spacial score (nSPS) is 11.7. The van der Waals surface area contributed by atoms with E-state index < -0.39 is 0 Å². The molecule has 0 spiro atoms. The van der Waals surface area contributed by atoms with Gasteiger partial charge in [0.15, 0.2) is 0 Å². The summed E-state index contributed by atoms with van der Waals surface area (Å²) in [5, 5.41) is 8.65. The molecule has 1 atom stereocenters. The van der Waals surface area contributed by atoms with Gasteiger partial charge in [-0.05, 0) is 30.2 Å². The maximum Gasteiger partial charge on any atom is 0.132 e. The molecule has 1 unspecified atom stereocenters. The molecule has 20 heavy (non-hydrogen) atoms. The number of rotatable bonds is 5. The van der Waals surface area contributed by atoms with Crippen LogP contribution in [0.15, 0.2) is 48.5 Å². The molecule has 0 saturated heterocycles. The molecule has 2 aromatic rings. The summed E-state index contributed by atoms with van der Waals surface area (Å²) < 4.78 is 5.90. The molecular formula is C17H18N2O. The van der Waals surface area contributed by atoms with Crippen molar-refractivity contribution < 1.29 is 4.74 Å². The topological polar surface area (TPSA) is 59.0 Å². The molecule has 2 N–H and O–H groups in total. The van der Waals surface area contributed by atoms with Gasteiger partial charge in [-0.3, -0.25) is 0 Å². The molecule has 0 amide bonds. The highest BCUT2D eigenvalue weighted by Crippen LogP contribution is 2.29. The molecule has 0 heterocycles. The van der Waals surface area contributed by atoms with Gasteiger partial charge < -0.3 is 10.5 Å². The van der Waals surface area contributed by atoms with Crippen LogP contribution in [0.25, 0.3) is 0 Å². The van der Waals surface area contributed by atoms with Gasteiger partial charge in [-0.25, -0.2) is 0 Å². The van der Waals surface area contributed by atoms with Crippen molar-refractivity contribution in [1.82, 2.24) is 0 Å². The van der Waals surface area contributed by atoms with Crippen molar-refractivity contribution in [1.29, 1.82) is 5.26 Å². The van der Waals surface area contributed by atoms with E-state index in [0.29, 0.717) is 6.42 Å². The van der Waals surface area contributed by atoms with Crippen molar-refractivity contribution in [2.75, 3.05) is 0 Å². The van der Waals surface area contributed by atoms with Crippen molar-refractivity contribution >= 4 is 0 Å². The molecule has 2 rings (SSSR count). The summed E-state index contributed by atoms with van der Waals surface area (Å²) in [5.74, 6) is 1.54. The highest BCUT2D eigenvalue weighted by atomic mass is 16.5. The smallest absolute Gasteiger partial charge is 0.132 e. The Morgan fingerprint density at radius 1 is 1.15 bits per heavy atom. The van der Waals surface area contributed by atoms with Gasteiger partial charge in [-0.15, -0.1) is 0 Å². The molecule has 3 nitrogen and oxygen atoms in total. The van der Waals surface area contributed by atoms with E-state index in [2.05, 4.69) is 13.0 Å². The monoisotopic (exact) mass is 266 g/mol. The first-order valence-electron chi connectivity index (χ1n) is 6.73. The van der Waals surface area contributed by atoms with Crippen molar-refractivity contribution in [2.24, 2.45) is 5.73 Å². The second-order valence-electron chi connectivity index (χ2n) is 4.63. The predicted molar refractivity (Wildman–Crippen MR) is 79.5 cm³/mol. The zero-order valence-electron chi connectivity index (χ0n) is 11.5. The molecule has 0 bridgehead atoms. The Hall–Kier alpha value is -2.31. The first kappa shape index (κ1) is 14.1. The van der Waals surface area contributed by atoms with Gasteiger partial charge in [0.2, 0.25) is 0 Å². The fraction of sp³-hybridized carbons (Fsp3) is 0.235. The number of benzene rings is 2. The van der Waals surface area contributed by atoms with Crippen LogP contribution in [0.2, 0.25) is 0 Å². The third-order valence-corrected chi connectivity index (χ3v) is 3.19. The molecule has 0 aliphatic carbocycles. The highest BCUT2D eigenvalue weighted by molar-refractivity contribution is 5.40. The molecule has 3 heteroatoms. The van der Waals surface area contributed by atoms with Crippen LogP contribution in [0, 0.1) is 11.3 Å². The Balaban J connectivity index is 2.19. The fourth-order valence-electron chi connectivity index (χ4n) is 1.99. The lowest BCUT2D eigenvalue weighted by Gasteiger charge is -2.15. The molecule has 0 radical (unpaired) electrons. The number of para-hydroxylation sites is 1. The lowest BCUT2D eigenvalue weighted by atomic mass is 10.0. The number of nitriles is 1. The minimum Gasteiger partial charge on any atom is -0.457 e. The van der Waals surface area contributed by atoms with E-state index >= 15 is 0 Å². The lowest BCUT2D eigenvalue weighted by molar-refractivity contribution is 0.468. The van der Waals surface area contributed by atoms with E-state index in [1.807, 2.05) is 48.5 Å². The van der Waals surface area contributed by atoms with Gasteiger partial charge in [-0.2, -0.15) is 5.26 Å². The maximum atomic E-state index is 8.65. The van der Waals surface area contributed by atoms with Gasteiger partial charge in [0, 0.05) is 11.6 Å². The van der Waals surface area contributed by atoms with Gasteiger partial charge in [-0.1, -0.05) is 37.3 Å². The number of nitrogens with two attached hydrogens (primary N) is 1. The highest BCUT2D eigenvalue weighted by Gasteiger charge is 2.10. The largest absolute Gasteiger partial charge is 0.457 e. The van der Waals surface area contributed by atoms with E-state index in [1.165, 1.54) is 0 Å². The molecule has 102 valence electrons. The second kappa shape index (κ2) is 6.74. The Kier molecular flexibility index (Phi) is 4.75. The molecule has 0 fully saturated rings. The van der Waals surface area contributed by atoms with E-state index in [4.69, 9.17) is 15.7 Å². The summed E-state index contributed by atoms with van der Waals surface area (Å²) in [6, 6.07) is 17.5. The molecular weight excluding hydrogens is 248 g/mol. The molecule has 0 saturated carbocycles. The first-order chi connectivity index (χ1) is 9.74. The Bertz CT molecular complexity index is 599. The third-order valence-electron chi connectivity index (χ3n) is 3.19. The predicted octanol–water partition coefficient (Wildman–Crippen LogP) is 3.95. The van der Waals surface area contributed by atoms with Crippen LogP contribution in [-0.4, -0.2) is 0 Å². The molecule has 2 aromatic carbocycles. The Morgan fingerprint density at radius 2 is 1.85 bits per heavy atom. The van der Waals surface area contributed by atoms with Crippen molar-refractivity contribution in [3.63, 3.8) is 0 Å². The van der Waals surface area contributed by atoms with Crippen molar-refractivity contribution in [3.05, 3.63) is 59.7 Å². The van der Waals surface area contributed by atoms with Gasteiger partial charge >= 0.3 is 0 Å². The SMILES string of the molecule is CCC(N)c1ccccc1Oc1ccc(CC#N)cc1. The van der Waals surface area contributed by atoms with Crippen LogP contribution in [0.5, 0.6) is 11.5 Å². The van der Waals surface area contributed by atoms with Crippen LogP contribution < -0.4 is 10.5 Å². The first-order valence-corrected chi connectivity index (χ1v) is 6.73. The average Bonchev–Trinajstić information content (AvgIpc) is 2.49. The van der Waals surface area contributed by atoms with E-state index in [-0.39, 0.29) is 6.04 Å². The average molecular weight is 266 g/mol. The van der Waals surface area contributed by atoms with Crippen LogP contribution in [0.1, 0.15) is 30.5 Å². The zero-order chi connectivity index (χ0) is 14.4. The standard InChI is InChI=1S/C17H18N2O/c1-2-16(19)15-5-3-4-6-17(15)20-14-9-7-13(8-10-14)11-12-18/h3-10,16H,2,11,19H2,1H3. The summed E-state index contributed by atoms with van der Waals surface area (Å²) in [5.41, 5.74) is 8.09. The number of hydrogen-bond acceptors (Lipinski definition) is 3. The van der Waals surface area contributed by atoms with Gasteiger partial charge in [0.25, 0.3) is 0 Å². The minimum absolute atomic E-state index is 0.0240. The summed E-state index contributed by atoms with van der Waals surface area (Å²) in [7, 11) is 0. The summed E-state index contributed by atoms with van der Waals surface area (Å²) >= 11 is 0. The lowest BCUT2D eigenvalue weighted by Crippen LogP contribution is -2.09. The summed E-state index contributed by atoms with van der Waals surface area (Å²) in [6.07, 6.45) is 1.28. The summed E-state index contributed by atoms with van der Waals surface area (Å²) in [4.78, 5) is 0. The van der Waals surface area contributed by atoms with Gasteiger partial charge in [0.05, 0.1) is 12.5 Å². The van der Waals surface area contributed by atoms with Crippen molar-refractivity contribution in [2.45, 2.75) is 25.8 Å². The number of hydrogen-bond donors (Lipinski definition) is 1. The minimum atomic E-state index is -0.0240. The molecule has 0 aliphatic rings. The quantitative estimate of drug-likeness (QED) is 0.891. The van der Waals surface area contributed by atoms with Crippen LogP contribution in [0.3, 0.4) is 0 Å². The van der Waals surface area contributed by atoms with E-state index in [1.54, 1.807) is 0 Å². The van der Waals surface area contributed by atoms with Crippen LogP contribution in [-0.2, 0) is 6.42 Å². The van der Waals surface area contributed by atoms with Crippen LogP contribution in [0.4, 0.5) is 0 Å². The molecule has 0 aromatic heterocycles. The Labute approximate surface area is 119 Å². The Morgan fingerprint density at radius 3 is 2.50 bits per heavy atom. The summed E-state index contributed by atoms with van der Waals surface area (Å²) in [6.45, 7) is 2.05. The molecule has 0 aliphatic heterocycles. The number of ether oxygens (including phenoxy) is 1. The fourth-order valence-corrected chi connectivity index (χ4v) is 1.99. The second-order valence-corrected chi connectivity index (χ2v) is 4.63. The van der Waals surface area contributed by atoms with E-state index in [0.717, 1.165) is 29.0 Å². The third kappa shape index (κ3) is 3.37. The maximum absolute atomic E-state index is 8.65. The zero-order valence-corrected chi connectivity index (χ0v) is 11.5.